The summed E-state index contributed by atoms with van der Waals surface area (Å²) in [5.74, 6) is 0. The van der Waals surface area contributed by atoms with Crippen LogP contribution in [0.5, 0.6) is 0 Å². The number of benzene rings is 1. The highest BCUT2D eigenvalue weighted by atomic mass is 79.9. The first-order valence-electron chi connectivity index (χ1n) is 6.86. The predicted octanol–water partition coefficient (Wildman–Crippen LogP) is 4.06. The lowest BCUT2D eigenvalue weighted by Gasteiger charge is -2.38. The van der Waals surface area contributed by atoms with Crippen molar-refractivity contribution < 1.29 is 4.74 Å². The second-order valence-electron chi connectivity index (χ2n) is 4.92. The van der Waals surface area contributed by atoms with Gasteiger partial charge in [0.2, 0.25) is 0 Å². The van der Waals surface area contributed by atoms with Crippen molar-refractivity contribution >= 4 is 15.9 Å². The highest BCUT2D eigenvalue weighted by Crippen LogP contribution is 2.27. The number of ether oxygens (including phenoxy) is 1. The highest BCUT2D eigenvalue weighted by Gasteiger charge is 2.30. The molecule has 1 fully saturated rings. The molecule has 0 radical (unpaired) electrons. The summed E-state index contributed by atoms with van der Waals surface area (Å²) in [5.41, 5.74) is 1.38. The van der Waals surface area contributed by atoms with Gasteiger partial charge in [0.15, 0.2) is 0 Å². The standard InChI is InChI=1S/C15H22BrNO/c1-3-15(11-5-7-12(16)8-6-11)17-13-9-14(10-13)18-4-2/h5-8,13-15,17H,3-4,9-10H2,1-2H3. The lowest BCUT2D eigenvalue weighted by atomic mass is 9.87. The molecule has 0 heterocycles. The Morgan fingerprint density at radius 1 is 1.28 bits per heavy atom. The molecule has 0 aromatic heterocycles. The largest absolute Gasteiger partial charge is 0.378 e. The van der Waals surface area contributed by atoms with Crippen LogP contribution in [-0.2, 0) is 4.74 Å². The molecule has 1 aromatic carbocycles. The zero-order chi connectivity index (χ0) is 13.0. The molecule has 18 heavy (non-hydrogen) atoms. The summed E-state index contributed by atoms with van der Waals surface area (Å²) in [6.45, 7) is 5.14. The number of halogens is 1. The van der Waals surface area contributed by atoms with E-state index < -0.39 is 0 Å². The molecule has 1 saturated carbocycles. The molecule has 0 spiro atoms. The third kappa shape index (κ3) is 3.56. The molecule has 100 valence electrons. The number of rotatable bonds is 6. The minimum Gasteiger partial charge on any atom is -0.378 e. The summed E-state index contributed by atoms with van der Waals surface area (Å²) in [4.78, 5) is 0. The van der Waals surface area contributed by atoms with Crippen LogP contribution in [0, 0.1) is 0 Å². The van der Waals surface area contributed by atoms with Crippen molar-refractivity contribution in [2.24, 2.45) is 0 Å². The number of nitrogens with one attached hydrogen (secondary N) is 1. The molecular formula is C15H22BrNO. The smallest absolute Gasteiger partial charge is 0.0604 e. The Morgan fingerprint density at radius 3 is 2.50 bits per heavy atom. The van der Waals surface area contributed by atoms with Gasteiger partial charge >= 0.3 is 0 Å². The molecule has 3 heteroatoms. The van der Waals surface area contributed by atoms with Crippen LogP contribution in [0.2, 0.25) is 0 Å². The minimum atomic E-state index is 0.464. The lowest BCUT2D eigenvalue weighted by molar-refractivity contribution is -0.0126. The van der Waals surface area contributed by atoms with Crippen molar-refractivity contribution in [1.82, 2.24) is 5.32 Å². The van der Waals surface area contributed by atoms with Crippen LogP contribution in [0.15, 0.2) is 28.7 Å². The summed E-state index contributed by atoms with van der Waals surface area (Å²) < 4.78 is 6.74. The van der Waals surface area contributed by atoms with Crippen molar-refractivity contribution in [3.8, 4) is 0 Å². The normalized spacial score (nSPS) is 24.6. The van der Waals surface area contributed by atoms with Gasteiger partial charge in [-0.15, -0.1) is 0 Å². The van der Waals surface area contributed by atoms with E-state index in [1.54, 1.807) is 0 Å². The fraction of sp³-hybridized carbons (Fsp3) is 0.600. The van der Waals surface area contributed by atoms with Crippen LogP contribution >= 0.6 is 15.9 Å². The molecule has 1 aliphatic rings. The van der Waals surface area contributed by atoms with E-state index in [-0.39, 0.29) is 0 Å². The maximum atomic E-state index is 5.60. The molecule has 1 atom stereocenters. The van der Waals surface area contributed by atoms with E-state index in [9.17, 15) is 0 Å². The Bertz CT molecular complexity index is 359. The Kier molecular flexibility index (Phi) is 5.22. The van der Waals surface area contributed by atoms with Gasteiger partial charge in [-0.25, -0.2) is 0 Å². The second-order valence-corrected chi connectivity index (χ2v) is 5.84. The quantitative estimate of drug-likeness (QED) is 0.855. The average molecular weight is 312 g/mol. The third-order valence-corrected chi connectivity index (χ3v) is 4.14. The van der Waals surface area contributed by atoms with E-state index >= 15 is 0 Å². The average Bonchev–Trinajstić information content (AvgIpc) is 2.33. The summed E-state index contributed by atoms with van der Waals surface area (Å²) in [5, 5.41) is 3.73. The molecule has 2 nitrogen and oxygen atoms in total. The molecule has 1 aromatic rings. The molecule has 1 unspecified atom stereocenters. The first-order chi connectivity index (χ1) is 8.72. The number of hydrogen-bond acceptors (Lipinski definition) is 2. The number of hydrogen-bond donors (Lipinski definition) is 1. The lowest BCUT2D eigenvalue weighted by Crippen LogP contribution is -2.46. The topological polar surface area (TPSA) is 21.3 Å². The predicted molar refractivity (Wildman–Crippen MR) is 78.7 cm³/mol. The fourth-order valence-electron chi connectivity index (χ4n) is 2.50. The van der Waals surface area contributed by atoms with Crippen molar-refractivity contribution in [3.63, 3.8) is 0 Å². The zero-order valence-corrected chi connectivity index (χ0v) is 12.7. The Hall–Kier alpha value is -0.380. The van der Waals surface area contributed by atoms with Crippen molar-refractivity contribution in [3.05, 3.63) is 34.3 Å². The van der Waals surface area contributed by atoms with Gasteiger partial charge in [-0.05, 0) is 43.9 Å². The minimum absolute atomic E-state index is 0.464. The zero-order valence-electron chi connectivity index (χ0n) is 11.2. The monoisotopic (exact) mass is 311 g/mol. The van der Waals surface area contributed by atoms with Gasteiger partial charge < -0.3 is 10.1 Å². The molecule has 0 saturated heterocycles. The van der Waals surface area contributed by atoms with Gasteiger partial charge in [-0.2, -0.15) is 0 Å². The van der Waals surface area contributed by atoms with Crippen LogP contribution in [0.3, 0.4) is 0 Å². The SMILES string of the molecule is CCOC1CC(NC(CC)c2ccc(Br)cc2)C1. The van der Waals surface area contributed by atoms with Gasteiger partial charge in [0.25, 0.3) is 0 Å². The molecule has 1 N–H and O–H groups in total. The van der Waals surface area contributed by atoms with Gasteiger partial charge in [0.1, 0.15) is 0 Å². The van der Waals surface area contributed by atoms with Gasteiger partial charge in [-0.3, -0.25) is 0 Å². The van der Waals surface area contributed by atoms with E-state index in [1.807, 2.05) is 0 Å². The Morgan fingerprint density at radius 2 is 1.94 bits per heavy atom. The molecule has 0 bridgehead atoms. The van der Waals surface area contributed by atoms with E-state index in [0.29, 0.717) is 18.2 Å². The maximum Gasteiger partial charge on any atom is 0.0604 e. The Balaban J connectivity index is 1.85. The van der Waals surface area contributed by atoms with E-state index in [1.165, 1.54) is 5.56 Å². The van der Waals surface area contributed by atoms with Gasteiger partial charge in [0, 0.05) is 23.2 Å². The first kappa shape index (κ1) is 14.0. The summed E-state index contributed by atoms with van der Waals surface area (Å²) in [7, 11) is 0. The maximum absolute atomic E-state index is 5.60. The van der Waals surface area contributed by atoms with Crippen molar-refractivity contribution in [1.29, 1.82) is 0 Å². The van der Waals surface area contributed by atoms with Crippen LogP contribution < -0.4 is 5.32 Å². The van der Waals surface area contributed by atoms with Crippen LogP contribution in [0.1, 0.15) is 44.7 Å². The van der Waals surface area contributed by atoms with E-state index in [0.717, 1.165) is 30.3 Å². The van der Waals surface area contributed by atoms with Crippen LogP contribution in [-0.4, -0.2) is 18.8 Å². The molecule has 1 aliphatic carbocycles. The summed E-state index contributed by atoms with van der Waals surface area (Å²) >= 11 is 3.48. The van der Waals surface area contributed by atoms with Crippen LogP contribution in [0.25, 0.3) is 0 Å². The summed E-state index contributed by atoms with van der Waals surface area (Å²) in [6, 6.07) is 9.71. The van der Waals surface area contributed by atoms with Crippen molar-refractivity contribution in [2.75, 3.05) is 6.61 Å². The van der Waals surface area contributed by atoms with E-state index in [4.69, 9.17) is 4.74 Å². The molecule has 2 rings (SSSR count). The van der Waals surface area contributed by atoms with Gasteiger partial charge in [-0.1, -0.05) is 35.0 Å². The molecular weight excluding hydrogens is 290 g/mol. The van der Waals surface area contributed by atoms with Crippen LogP contribution in [0.4, 0.5) is 0 Å². The summed E-state index contributed by atoms with van der Waals surface area (Å²) in [6.07, 6.45) is 3.91. The fourth-order valence-corrected chi connectivity index (χ4v) is 2.77. The van der Waals surface area contributed by atoms with E-state index in [2.05, 4.69) is 59.4 Å². The molecule has 0 amide bonds. The van der Waals surface area contributed by atoms with Gasteiger partial charge in [0.05, 0.1) is 6.10 Å². The highest BCUT2D eigenvalue weighted by molar-refractivity contribution is 9.10. The Labute approximate surface area is 118 Å². The molecule has 0 aliphatic heterocycles. The first-order valence-corrected chi connectivity index (χ1v) is 7.65. The third-order valence-electron chi connectivity index (χ3n) is 3.61. The second kappa shape index (κ2) is 6.69. The van der Waals surface area contributed by atoms with Crippen molar-refractivity contribution in [2.45, 2.75) is 51.3 Å².